The third-order valence-corrected chi connectivity index (χ3v) is 5.98. The van der Waals surface area contributed by atoms with Crippen LogP contribution in [-0.2, 0) is 16.2 Å². The molecule has 4 nitrogen and oxygen atoms in total. The van der Waals surface area contributed by atoms with Gasteiger partial charge in [0.1, 0.15) is 0 Å². The van der Waals surface area contributed by atoms with E-state index in [9.17, 15) is 21.6 Å². The number of nitrogens with zero attached hydrogens (tertiary/aromatic N) is 1. The molecule has 27 heavy (non-hydrogen) atoms. The minimum Gasteiger partial charge on any atom is -0.302 e. The van der Waals surface area contributed by atoms with Crippen LogP contribution in [0.15, 0.2) is 53.4 Å². The molecule has 0 aliphatic carbocycles. The molecule has 0 amide bonds. The van der Waals surface area contributed by atoms with E-state index in [0.29, 0.717) is 17.7 Å². The summed E-state index contributed by atoms with van der Waals surface area (Å²) in [7, 11) is -4.10. The third-order valence-electron chi connectivity index (χ3n) is 4.60. The van der Waals surface area contributed by atoms with E-state index in [0.717, 1.165) is 49.8 Å². The van der Waals surface area contributed by atoms with Crippen LogP contribution in [0.1, 0.15) is 30.4 Å². The molecule has 2 aromatic rings. The quantitative estimate of drug-likeness (QED) is 0.789. The Balaban J connectivity index is 1.70. The van der Waals surface area contributed by atoms with Crippen molar-refractivity contribution in [2.75, 3.05) is 24.4 Å². The molecule has 0 unspecified atom stereocenters. The normalized spacial score (nSPS) is 16.1. The van der Waals surface area contributed by atoms with Crippen LogP contribution in [0.4, 0.5) is 18.9 Å². The molecule has 1 N–H and O–H groups in total. The number of alkyl halides is 3. The van der Waals surface area contributed by atoms with Crippen molar-refractivity contribution in [3.8, 4) is 0 Å². The van der Waals surface area contributed by atoms with Crippen LogP contribution in [0.5, 0.6) is 0 Å². The van der Waals surface area contributed by atoms with E-state index in [1.54, 1.807) is 12.1 Å². The Morgan fingerprint density at radius 3 is 2.37 bits per heavy atom. The van der Waals surface area contributed by atoms with Gasteiger partial charge in [-0.3, -0.25) is 4.72 Å². The second-order valence-corrected chi connectivity index (χ2v) is 8.39. The summed E-state index contributed by atoms with van der Waals surface area (Å²) in [4.78, 5) is 1.94. The highest BCUT2D eigenvalue weighted by Gasteiger charge is 2.32. The van der Waals surface area contributed by atoms with E-state index >= 15 is 0 Å². The van der Waals surface area contributed by atoms with Crippen molar-refractivity contribution in [1.82, 2.24) is 4.90 Å². The van der Waals surface area contributed by atoms with E-state index in [1.807, 2.05) is 12.1 Å². The summed E-state index contributed by atoms with van der Waals surface area (Å²) in [6.07, 6.45) is -3.48. The van der Waals surface area contributed by atoms with Crippen molar-refractivity contribution >= 4 is 15.7 Å². The lowest BCUT2D eigenvalue weighted by molar-refractivity contribution is -0.137. The zero-order valence-corrected chi connectivity index (χ0v) is 15.6. The van der Waals surface area contributed by atoms with Crippen molar-refractivity contribution in [1.29, 1.82) is 0 Å². The Bertz CT molecular complexity index is 890. The van der Waals surface area contributed by atoms with Crippen LogP contribution in [0, 0.1) is 0 Å². The lowest BCUT2D eigenvalue weighted by Crippen LogP contribution is -2.45. The number of benzene rings is 2. The lowest BCUT2D eigenvalue weighted by Gasteiger charge is -2.39. The first-order valence-corrected chi connectivity index (χ1v) is 10.2. The molecule has 0 atom stereocenters. The van der Waals surface area contributed by atoms with Crippen LogP contribution >= 0.6 is 0 Å². The minimum absolute atomic E-state index is 0.320. The molecule has 8 heteroatoms. The highest BCUT2D eigenvalue weighted by molar-refractivity contribution is 7.92. The molecule has 1 saturated heterocycles. The monoisotopic (exact) mass is 398 g/mol. The minimum atomic E-state index is -4.60. The second kappa shape index (κ2) is 7.52. The van der Waals surface area contributed by atoms with Crippen LogP contribution in [0.2, 0.25) is 0 Å². The van der Waals surface area contributed by atoms with Gasteiger partial charge in [-0.15, -0.1) is 0 Å². The molecule has 2 aromatic carbocycles. The van der Waals surface area contributed by atoms with E-state index in [2.05, 4.69) is 16.5 Å². The largest absolute Gasteiger partial charge is 0.416 e. The summed E-state index contributed by atoms with van der Waals surface area (Å²) in [6, 6.07) is 10.7. The summed E-state index contributed by atoms with van der Waals surface area (Å²) in [5.74, 6) is 0.436. The van der Waals surface area contributed by atoms with Gasteiger partial charge < -0.3 is 4.90 Å². The van der Waals surface area contributed by atoms with Gasteiger partial charge in [0.2, 0.25) is 0 Å². The molecule has 0 aromatic heterocycles. The lowest BCUT2D eigenvalue weighted by atomic mass is 9.91. The van der Waals surface area contributed by atoms with Crippen molar-refractivity contribution in [3.05, 3.63) is 59.7 Å². The molecule has 146 valence electrons. The zero-order valence-electron chi connectivity index (χ0n) is 14.8. The number of hydrogen-bond acceptors (Lipinski definition) is 3. The van der Waals surface area contributed by atoms with Crippen LogP contribution in [-0.4, -0.2) is 33.0 Å². The Morgan fingerprint density at radius 2 is 1.78 bits per heavy atom. The molecule has 1 heterocycles. The summed E-state index contributed by atoms with van der Waals surface area (Å²) < 4.78 is 65.5. The fourth-order valence-corrected chi connectivity index (χ4v) is 4.26. The molecule has 0 radical (unpaired) electrons. The summed E-state index contributed by atoms with van der Waals surface area (Å²) in [5.41, 5.74) is 0.451. The Labute approximate surface area is 157 Å². The first kappa shape index (κ1) is 19.7. The smallest absolute Gasteiger partial charge is 0.302 e. The van der Waals surface area contributed by atoms with Gasteiger partial charge in [-0.25, -0.2) is 8.42 Å². The van der Waals surface area contributed by atoms with Crippen LogP contribution < -0.4 is 4.72 Å². The van der Waals surface area contributed by atoms with Crippen molar-refractivity contribution < 1.29 is 21.6 Å². The number of likely N-dealkylation sites (tertiary alicyclic amines) is 1. The molecule has 0 bridgehead atoms. The van der Waals surface area contributed by atoms with Gasteiger partial charge in [0, 0.05) is 24.7 Å². The molecule has 1 aliphatic heterocycles. The number of halogens is 3. The Kier molecular flexibility index (Phi) is 5.48. The molecule has 1 aliphatic rings. The summed E-state index contributed by atoms with van der Waals surface area (Å²) in [6.45, 7) is 5.19. The molecular formula is C19H21F3N2O2S. The maximum absolute atomic E-state index is 12.8. The topological polar surface area (TPSA) is 49.4 Å². The van der Waals surface area contributed by atoms with E-state index < -0.39 is 26.7 Å². The highest BCUT2D eigenvalue weighted by Crippen LogP contribution is 2.31. The average Bonchev–Trinajstić information content (AvgIpc) is 2.58. The van der Waals surface area contributed by atoms with Gasteiger partial charge in [-0.05, 0) is 48.9 Å². The standard InChI is InChI=1S/C19H21F3N2O2S/c1-2-10-24-12-15(13-24)14-6-8-17(9-7-14)23-27(25,26)18-5-3-4-16(11-18)19(20,21)22/h3-9,11,15,23H,2,10,12-13H2,1H3. The van der Waals surface area contributed by atoms with Crippen LogP contribution in [0.25, 0.3) is 0 Å². The maximum Gasteiger partial charge on any atom is 0.416 e. The van der Waals surface area contributed by atoms with E-state index in [-0.39, 0.29) is 0 Å². The number of hydrogen-bond donors (Lipinski definition) is 1. The van der Waals surface area contributed by atoms with Gasteiger partial charge in [0.25, 0.3) is 10.0 Å². The van der Waals surface area contributed by atoms with Gasteiger partial charge in [0.05, 0.1) is 10.5 Å². The highest BCUT2D eigenvalue weighted by atomic mass is 32.2. The fourth-order valence-electron chi connectivity index (χ4n) is 3.16. The fraction of sp³-hybridized carbons (Fsp3) is 0.368. The maximum atomic E-state index is 12.8. The third kappa shape index (κ3) is 4.62. The summed E-state index contributed by atoms with van der Waals surface area (Å²) >= 11 is 0. The molecular weight excluding hydrogens is 377 g/mol. The number of sulfonamides is 1. The SMILES string of the molecule is CCCN1CC(c2ccc(NS(=O)(=O)c3cccc(C(F)(F)F)c3)cc2)C1. The van der Waals surface area contributed by atoms with E-state index in [4.69, 9.17) is 0 Å². The first-order chi connectivity index (χ1) is 12.7. The first-order valence-electron chi connectivity index (χ1n) is 8.71. The van der Waals surface area contributed by atoms with Gasteiger partial charge >= 0.3 is 6.18 Å². The van der Waals surface area contributed by atoms with E-state index in [1.165, 1.54) is 0 Å². The predicted octanol–water partition coefficient (Wildman–Crippen LogP) is 4.32. The van der Waals surface area contributed by atoms with Crippen molar-refractivity contribution in [2.45, 2.75) is 30.3 Å². The zero-order chi connectivity index (χ0) is 19.7. The van der Waals surface area contributed by atoms with Gasteiger partial charge in [0.15, 0.2) is 0 Å². The number of nitrogens with one attached hydrogen (secondary N) is 1. The van der Waals surface area contributed by atoms with Crippen molar-refractivity contribution in [2.24, 2.45) is 0 Å². The van der Waals surface area contributed by atoms with Gasteiger partial charge in [-0.2, -0.15) is 13.2 Å². The molecule has 3 rings (SSSR count). The molecule has 1 fully saturated rings. The second-order valence-electron chi connectivity index (χ2n) is 6.71. The summed E-state index contributed by atoms with van der Waals surface area (Å²) in [5, 5.41) is 0. The molecule has 0 saturated carbocycles. The Hall–Kier alpha value is -2.06. The number of rotatable bonds is 6. The van der Waals surface area contributed by atoms with Crippen molar-refractivity contribution in [3.63, 3.8) is 0 Å². The molecule has 0 spiro atoms. The number of anilines is 1. The predicted molar refractivity (Wildman–Crippen MR) is 98.2 cm³/mol. The average molecular weight is 398 g/mol. The van der Waals surface area contributed by atoms with Crippen LogP contribution in [0.3, 0.4) is 0 Å². The Morgan fingerprint density at radius 1 is 1.11 bits per heavy atom. The van der Waals surface area contributed by atoms with Gasteiger partial charge in [-0.1, -0.05) is 25.1 Å².